The number of halogens is 3. The Morgan fingerprint density at radius 2 is 0.870 bits per heavy atom. The van der Waals surface area contributed by atoms with Gasteiger partial charge in [0.2, 0.25) is 0 Å². The van der Waals surface area contributed by atoms with Gasteiger partial charge in [0.25, 0.3) is 0 Å². The molecule has 1 N–H and O–H groups in total. The monoisotopic (exact) mass is 494 g/mol. The van der Waals surface area contributed by atoms with Crippen LogP contribution < -0.4 is 10.4 Å². The van der Waals surface area contributed by atoms with Gasteiger partial charge >= 0.3 is 0 Å². The van der Waals surface area contributed by atoms with Gasteiger partial charge in [0.1, 0.15) is 0 Å². The van der Waals surface area contributed by atoms with Gasteiger partial charge in [0.15, 0.2) is 0 Å². The van der Waals surface area contributed by atoms with Crippen LogP contribution in [-0.4, -0.2) is 0 Å². The van der Waals surface area contributed by atoms with E-state index in [1.54, 1.807) is 0 Å². The Hall–Kier alpha value is -1.30. The van der Waals surface area contributed by atoms with Gasteiger partial charge in [-0.05, 0) is 72.8 Å². The average molecular weight is 497 g/mol. The van der Waals surface area contributed by atoms with Crippen LogP contribution in [0.15, 0.2) is 86.2 Å². The molecule has 0 saturated carbocycles. The lowest BCUT2D eigenvalue weighted by atomic mass is 10.2. The first kappa shape index (κ1) is 16.6. The summed E-state index contributed by atoms with van der Waals surface area (Å²) in [5.41, 5.74) is 6.58. The van der Waals surface area contributed by atoms with E-state index in [1.807, 2.05) is 48.5 Å². The molecule has 0 atom stereocenters. The van der Waals surface area contributed by atoms with Crippen molar-refractivity contribution in [2.24, 2.45) is 0 Å². The maximum absolute atomic E-state index is 3.48. The van der Waals surface area contributed by atoms with Gasteiger partial charge in [0.05, 0.1) is 17.1 Å². The minimum atomic E-state index is 1.01. The van der Waals surface area contributed by atoms with E-state index in [9.17, 15) is 0 Å². The summed E-state index contributed by atoms with van der Waals surface area (Å²) in [6.07, 6.45) is 0. The molecule has 3 rings (SSSR count). The number of benzene rings is 3. The molecule has 116 valence electrons. The fraction of sp³-hybridized carbons (Fsp3) is 0. The molecule has 3 aromatic rings. The molecule has 0 saturated heterocycles. The van der Waals surface area contributed by atoms with Gasteiger partial charge in [-0.2, -0.15) is 0 Å². The molecule has 0 aromatic heterocycles. The van der Waals surface area contributed by atoms with Crippen molar-refractivity contribution in [1.82, 2.24) is 0 Å². The van der Waals surface area contributed by atoms with E-state index in [0.717, 1.165) is 30.5 Å². The normalized spacial score (nSPS) is 10.4. The maximum atomic E-state index is 3.48. The van der Waals surface area contributed by atoms with Gasteiger partial charge in [-0.15, -0.1) is 0 Å². The number of hydrazine groups is 1. The highest BCUT2D eigenvalue weighted by molar-refractivity contribution is 9.11. The van der Waals surface area contributed by atoms with Crippen LogP contribution in [-0.2, 0) is 0 Å². The van der Waals surface area contributed by atoms with Gasteiger partial charge in [-0.3, -0.25) is 10.4 Å². The lowest BCUT2D eigenvalue weighted by Gasteiger charge is -2.27. The molecular formula is C18H13Br3N2. The zero-order valence-electron chi connectivity index (χ0n) is 12.0. The molecule has 0 radical (unpaired) electrons. The summed E-state index contributed by atoms with van der Waals surface area (Å²) < 4.78 is 3.17. The zero-order valence-corrected chi connectivity index (χ0v) is 16.8. The molecule has 0 aliphatic carbocycles. The minimum absolute atomic E-state index is 1.01. The molecule has 0 fully saturated rings. The van der Waals surface area contributed by atoms with Crippen molar-refractivity contribution < 1.29 is 0 Å². The van der Waals surface area contributed by atoms with E-state index in [2.05, 4.69) is 82.5 Å². The van der Waals surface area contributed by atoms with Gasteiger partial charge in [-0.25, -0.2) is 0 Å². The largest absolute Gasteiger partial charge is 0.294 e. The van der Waals surface area contributed by atoms with Gasteiger partial charge < -0.3 is 0 Å². The summed E-state index contributed by atoms with van der Waals surface area (Å²) >= 11 is 10.4. The van der Waals surface area contributed by atoms with E-state index in [4.69, 9.17) is 0 Å². The van der Waals surface area contributed by atoms with Crippen molar-refractivity contribution in [2.75, 3.05) is 10.4 Å². The standard InChI is InChI=1S/C18H13Br3N2/c19-13-1-7-16(8-2-13)22-23(17-9-3-14(20)4-10-17)18-11-5-15(21)6-12-18/h1-12,22H. The lowest BCUT2D eigenvalue weighted by molar-refractivity contribution is 1.16. The summed E-state index contributed by atoms with van der Waals surface area (Å²) in [4.78, 5) is 0. The third kappa shape index (κ3) is 4.37. The molecule has 2 nitrogen and oxygen atoms in total. The second kappa shape index (κ2) is 7.51. The first-order chi connectivity index (χ1) is 11.1. The number of rotatable bonds is 4. The van der Waals surface area contributed by atoms with E-state index in [0.29, 0.717) is 0 Å². The SMILES string of the molecule is Brc1ccc(NN(c2ccc(Br)cc2)c2ccc(Br)cc2)cc1. The highest BCUT2D eigenvalue weighted by atomic mass is 79.9. The van der Waals surface area contributed by atoms with Crippen LogP contribution in [0.4, 0.5) is 17.1 Å². The van der Waals surface area contributed by atoms with Crippen LogP contribution in [0.25, 0.3) is 0 Å². The molecule has 3 aromatic carbocycles. The number of hydrogen-bond donors (Lipinski definition) is 1. The van der Waals surface area contributed by atoms with Crippen LogP contribution >= 0.6 is 47.8 Å². The Bertz CT molecular complexity index is 723. The van der Waals surface area contributed by atoms with Crippen LogP contribution in [0.2, 0.25) is 0 Å². The molecule has 23 heavy (non-hydrogen) atoms. The Balaban J connectivity index is 1.97. The Kier molecular flexibility index (Phi) is 5.41. The van der Waals surface area contributed by atoms with Gasteiger partial charge in [0, 0.05) is 13.4 Å². The Morgan fingerprint density at radius 1 is 0.522 bits per heavy atom. The van der Waals surface area contributed by atoms with E-state index in [-0.39, 0.29) is 0 Å². The van der Waals surface area contributed by atoms with Crippen LogP contribution in [0.1, 0.15) is 0 Å². The summed E-state index contributed by atoms with van der Waals surface area (Å²) in [6, 6.07) is 24.5. The summed E-state index contributed by atoms with van der Waals surface area (Å²) in [7, 11) is 0. The molecular weight excluding hydrogens is 484 g/mol. The van der Waals surface area contributed by atoms with Crippen LogP contribution in [0, 0.1) is 0 Å². The summed E-state index contributed by atoms with van der Waals surface area (Å²) in [5, 5.41) is 2.06. The number of nitrogens with zero attached hydrogens (tertiary/aromatic N) is 1. The maximum Gasteiger partial charge on any atom is 0.0631 e. The molecule has 0 unspecified atom stereocenters. The third-order valence-corrected chi connectivity index (χ3v) is 4.84. The van der Waals surface area contributed by atoms with E-state index in [1.165, 1.54) is 0 Å². The molecule has 5 heteroatoms. The predicted molar refractivity (Wildman–Crippen MR) is 108 cm³/mol. The molecule has 0 bridgehead atoms. The summed E-state index contributed by atoms with van der Waals surface area (Å²) in [5.74, 6) is 0. The van der Waals surface area contributed by atoms with Crippen LogP contribution in [0.5, 0.6) is 0 Å². The van der Waals surface area contributed by atoms with Crippen molar-refractivity contribution in [2.45, 2.75) is 0 Å². The van der Waals surface area contributed by atoms with Crippen molar-refractivity contribution >= 4 is 64.9 Å². The Morgan fingerprint density at radius 3 is 1.26 bits per heavy atom. The third-order valence-electron chi connectivity index (χ3n) is 3.25. The first-order valence-corrected chi connectivity index (χ1v) is 9.33. The van der Waals surface area contributed by atoms with Crippen molar-refractivity contribution in [1.29, 1.82) is 0 Å². The average Bonchev–Trinajstić information content (AvgIpc) is 2.56. The van der Waals surface area contributed by atoms with E-state index >= 15 is 0 Å². The van der Waals surface area contributed by atoms with Gasteiger partial charge in [-0.1, -0.05) is 47.8 Å². The molecule has 0 spiro atoms. The highest BCUT2D eigenvalue weighted by Gasteiger charge is 2.09. The molecule has 0 heterocycles. The Labute approximate surface area is 160 Å². The minimum Gasteiger partial charge on any atom is -0.294 e. The quantitative estimate of drug-likeness (QED) is 0.386. The van der Waals surface area contributed by atoms with Crippen LogP contribution in [0.3, 0.4) is 0 Å². The number of anilines is 3. The molecule has 0 aliphatic heterocycles. The second-order valence-corrected chi connectivity index (χ2v) is 7.65. The first-order valence-electron chi connectivity index (χ1n) is 6.95. The molecule has 0 amide bonds. The van der Waals surface area contributed by atoms with Crippen molar-refractivity contribution in [3.8, 4) is 0 Å². The zero-order chi connectivity index (χ0) is 16.2. The topological polar surface area (TPSA) is 15.3 Å². The van der Waals surface area contributed by atoms with Crippen molar-refractivity contribution in [3.63, 3.8) is 0 Å². The number of hydrogen-bond acceptors (Lipinski definition) is 2. The smallest absolute Gasteiger partial charge is 0.0631 e. The fourth-order valence-electron chi connectivity index (χ4n) is 2.11. The number of nitrogens with one attached hydrogen (secondary N) is 1. The molecule has 0 aliphatic rings. The lowest BCUT2D eigenvalue weighted by Crippen LogP contribution is -2.24. The second-order valence-electron chi connectivity index (χ2n) is 4.91. The summed E-state index contributed by atoms with van der Waals surface area (Å²) in [6.45, 7) is 0. The predicted octanol–water partition coefficient (Wildman–Crippen LogP) is 7.14. The van der Waals surface area contributed by atoms with Crippen molar-refractivity contribution in [3.05, 3.63) is 86.2 Å². The highest BCUT2D eigenvalue weighted by Crippen LogP contribution is 2.29. The fourth-order valence-corrected chi connectivity index (χ4v) is 2.91. The van der Waals surface area contributed by atoms with E-state index < -0.39 is 0 Å².